The van der Waals surface area contributed by atoms with E-state index in [1.807, 2.05) is 18.2 Å². The lowest BCUT2D eigenvalue weighted by molar-refractivity contribution is -0.0684. The van der Waals surface area contributed by atoms with Gasteiger partial charge in [-0.05, 0) is 62.7 Å². The first-order valence-corrected chi connectivity index (χ1v) is 10.5. The number of aliphatic hydroxyl groups excluding tert-OH is 1. The van der Waals surface area contributed by atoms with Gasteiger partial charge in [0, 0.05) is 24.5 Å². The molecule has 4 rings (SSSR count). The van der Waals surface area contributed by atoms with Gasteiger partial charge in [-0.2, -0.15) is 0 Å². The SMILES string of the molecule is CN1CCC[C@]2(CO)CCN(Cc3ccc(OCc4ccccc4)cc3)C[C@@H]12. The molecule has 0 spiro atoms. The summed E-state index contributed by atoms with van der Waals surface area (Å²) in [6, 6.07) is 19.2. The molecule has 150 valence electrons. The Labute approximate surface area is 168 Å². The summed E-state index contributed by atoms with van der Waals surface area (Å²) in [4.78, 5) is 5.01. The van der Waals surface area contributed by atoms with Crippen molar-refractivity contribution < 1.29 is 9.84 Å². The Balaban J connectivity index is 1.33. The summed E-state index contributed by atoms with van der Waals surface area (Å²) in [7, 11) is 2.22. The van der Waals surface area contributed by atoms with Crippen molar-refractivity contribution in [2.24, 2.45) is 5.41 Å². The quantitative estimate of drug-likeness (QED) is 0.831. The highest BCUT2D eigenvalue weighted by Gasteiger charge is 2.46. The van der Waals surface area contributed by atoms with Crippen molar-refractivity contribution in [1.29, 1.82) is 0 Å². The van der Waals surface area contributed by atoms with Crippen LogP contribution in [0.25, 0.3) is 0 Å². The van der Waals surface area contributed by atoms with Crippen LogP contribution in [0.15, 0.2) is 54.6 Å². The van der Waals surface area contributed by atoms with Gasteiger partial charge in [-0.15, -0.1) is 0 Å². The third-order valence-corrected chi connectivity index (χ3v) is 6.67. The Morgan fingerprint density at radius 2 is 1.79 bits per heavy atom. The smallest absolute Gasteiger partial charge is 0.119 e. The van der Waals surface area contributed by atoms with E-state index in [1.165, 1.54) is 24.0 Å². The van der Waals surface area contributed by atoms with Crippen molar-refractivity contribution in [3.63, 3.8) is 0 Å². The van der Waals surface area contributed by atoms with Crippen LogP contribution < -0.4 is 4.74 Å². The van der Waals surface area contributed by atoms with Crippen molar-refractivity contribution >= 4 is 0 Å². The van der Waals surface area contributed by atoms with Gasteiger partial charge < -0.3 is 14.7 Å². The molecule has 0 aliphatic carbocycles. The maximum Gasteiger partial charge on any atom is 0.119 e. The minimum atomic E-state index is 0.110. The number of likely N-dealkylation sites (N-methyl/N-ethyl adjacent to an activating group) is 1. The fraction of sp³-hybridized carbons (Fsp3) is 0.500. The summed E-state index contributed by atoms with van der Waals surface area (Å²) in [5, 5.41) is 10.1. The number of likely N-dealkylation sites (tertiary alicyclic amines) is 2. The van der Waals surface area contributed by atoms with Crippen LogP contribution >= 0.6 is 0 Å². The maximum atomic E-state index is 10.1. The number of nitrogens with zero attached hydrogens (tertiary/aromatic N) is 2. The molecule has 0 bridgehead atoms. The van der Waals surface area contributed by atoms with E-state index < -0.39 is 0 Å². The standard InChI is InChI=1S/C24H32N2O2/c1-25-14-5-12-24(19-27)13-15-26(17-23(24)25)16-20-8-10-22(11-9-20)28-18-21-6-3-2-4-7-21/h2-4,6-11,23,27H,5,12-19H2,1H3/t23-,24-/m1/s1. The lowest BCUT2D eigenvalue weighted by Crippen LogP contribution is -2.61. The minimum absolute atomic E-state index is 0.110. The van der Waals surface area contributed by atoms with Crippen LogP contribution in [0, 0.1) is 5.41 Å². The van der Waals surface area contributed by atoms with Crippen molar-refractivity contribution in [2.75, 3.05) is 33.3 Å². The molecule has 4 heteroatoms. The zero-order chi connectivity index (χ0) is 19.4. The minimum Gasteiger partial charge on any atom is -0.489 e. The Morgan fingerprint density at radius 3 is 2.54 bits per heavy atom. The zero-order valence-electron chi connectivity index (χ0n) is 16.9. The molecule has 28 heavy (non-hydrogen) atoms. The van der Waals surface area contributed by atoms with Crippen molar-refractivity contribution in [1.82, 2.24) is 9.80 Å². The second-order valence-electron chi connectivity index (χ2n) is 8.52. The van der Waals surface area contributed by atoms with Crippen molar-refractivity contribution in [3.05, 3.63) is 65.7 Å². The third-order valence-electron chi connectivity index (χ3n) is 6.67. The molecule has 2 aromatic rings. The molecule has 2 saturated heterocycles. The highest BCUT2D eigenvalue weighted by Crippen LogP contribution is 2.41. The van der Waals surface area contributed by atoms with E-state index in [4.69, 9.17) is 4.74 Å². The summed E-state index contributed by atoms with van der Waals surface area (Å²) in [5.74, 6) is 0.914. The lowest BCUT2D eigenvalue weighted by Gasteiger charge is -2.53. The number of fused-ring (bicyclic) bond motifs is 1. The molecule has 0 amide bonds. The van der Waals surface area contributed by atoms with E-state index in [0.717, 1.165) is 38.3 Å². The summed E-state index contributed by atoms with van der Waals surface area (Å²) in [6.45, 7) is 5.14. The normalized spacial score (nSPS) is 26.0. The molecule has 2 atom stereocenters. The second-order valence-corrected chi connectivity index (χ2v) is 8.52. The number of hydrogen-bond donors (Lipinski definition) is 1. The highest BCUT2D eigenvalue weighted by molar-refractivity contribution is 5.28. The van der Waals surface area contributed by atoms with Gasteiger partial charge in [0.15, 0.2) is 0 Å². The molecular weight excluding hydrogens is 348 g/mol. The molecule has 2 aliphatic rings. The summed E-state index contributed by atoms with van der Waals surface area (Å²) in [6.07, 6.45) is 3.47. The number of benzene rings is 2. The van der Waals surface area contributed by atoms with E-state index in [9.17, 15) is 5.11 Å². The Morgan fingerprint density at radius 1 is 1.00 bits per heavy atom. The molecule has 4 nitrogen and oxygen atoms in total. The molecule has 0 aromatic heterocycles. The van der Waals surface area contributed by atoms with Crippen LogP contribution in [0.2, 0.25) is 0 Å². The van der Waals surface area contributed by atoms with Crippen LogP contribution in [0.1, 0.15) is 30.4 Å². The molecule has 2 fully saturated rings. The molecule has 0 saturated carbocycles. The first-order chi connectivity index (χ1) is 13.7. The van der Waals surface area contributed by atoms with Gasteiger partial charge >= 0.3 is 0 Å². The summed E-state index contributed by atoms with van der Waals surface area (Å²) < 4.78 is 5.90. The van der Waals surface area contributed by atoms with E-state index in [0.29, 0.717) is 19.3 Å². The van der Waals surface area contributed by atoms with Gasteiger partial charge in [0.1, 0.15) is 12.4 Å². The highest BCUT2D eigenvalue weighted by atomic mass is 16.5. The number of aliphatic hydroxyl groups is 1. The second kappa shape index (κ2) is 8.64. The number of hydrogen-bond acceptors (Lipinski definition) is 4. The van der Waals surface area contributed by atoms with Gasteiger partial charge in [-0.1, -0.05) is 42.5 Å². The van der Waals surface area contributed by atoms with E-state index in [1.54, 1.807) is 0 Å². The van der Waals surface area contributed by atoms with Crippen LogP contribution in [0.4, 0.5) is 0 Å². The largest absolute Gasteiger partial charge is 0.489 e. The van der Waals surface area contributed by atoms with Crippen LogP contribution in [0.3, 0.4) is 0 Å². The zero-order valence-corrected chi connectivity index (χ0v) is 16.9. The topological polar surface area (TPSA) is 35.9 Å². The van der Waals surface area contributed by atoms with E-state index >= 15 is 0 Å². The average Bonchev–Trinajstić information content (AvgIpc) is 2.75. The van der Waals surface area contributed by atoms with Crippen LogP contribution in [-0.4, -0.2) is 54.2 Å². The predicted molar refractivity (Wildman–Crippen MR) is 112 cm³/mol. The lowest BCUT2D eigenvalue weighted by atomic mass is 9.69. The number of rotatable bonds is 6. The Bertz CT molecular complexity index is 749. The molecular formula is C24H32N2O2. The molecule has 1 N–H and O–H groups in total. The van der Waals surface area contributed by atoms with Gasteiger partial charge in [0.2, 0.25) is 0 Å². The average molecular weight is 381 g/mol. The molecule has 2 heterocycles. The summed E-state index contributed by atoms with van der Waals surface area (Å²) in [5.41, 5.74) is 2.62. The number of ether oxygens (including phenoxy) is 1. The first-order valence-electron chi connectivity index (χ1n) is 10.5. The van der Waals surface area contributed by atoms with Gasteiger partial charge in [-0.25, -0.2) is 0 Å². The fourth-order valence-corrected chi connectivity index (χ4v) is 4.91. The maximum absolute atomic E-state index is 10.1. The first kappa shape index (κ1) is 19.4. The molecule has 0 unspecified atom stereocenters. The van der Waals surface area contributed by atoms with E-state index in [2.05, 4.69) is 53.2 Å². The molecule has 0 radical (unpaired) electrons. The van der Waals surface area contributed by atoms with Gasteiger partial charge in [0.05, 0.1) is 6.61 Å². The number of piperidine rings is 2. The van der Waals surface area contributed by atoms with Crippen LogP contribution in [-0.2, 0) is 13.2 Å². The van der Waals surface area contributed by atoms with Crippen molar-refractivity contribution in [2.45, 2.75) is 38.5 Å². The van der Waals surface area contributed by atoms with Gasteiger partial charge in [0.25, 0.3) is 0 Å². The van der Waals surface area contributed by atoms with Gasteiger partial charge in [-0.3, -0.25) is 4.90 Å². The van der Waals surface area contributed by atoms with Crippen molar-refractivity contribution in [3.8, 4) is 5.75 Å². The van der Waals surface area contributed by atoms with Crippen LogP contribution in [0.5, 0.6) is 5.75 Å². The molecule has 2 aliphatic heterocycles. The Kier molecular flexibility index (Phi) is 6.00. The molecule has 2 aromatic carbocycles. The van der Waals surface area contributed by atoms with E-state index in [-0.39, 0.29) is 5.41 Å². The Hall–Kier alpha value is -1.88. The monoisotopic (exact) mass is 380 g/mol. The third kappa shape index (κ3) is 4.24. The predicted octanol–water partition coefficient (Wildman–Crippen LogP) is 3.54. The fourth-order valence-electron chi connectivity index (χ4n) is 4.91. The summed E-state index contributed by atoms with van der Waals surface area (Å²) >= 11 is 0.